The normalized spacial score (nSPS) is 21.4. The van der Waals surface area contributed by atoms with Crippen LogP contribution in [0.15, 0.2) is 0 Å². The molecule has 1 N–H and O–H groups in total. The van der Waals surface area contributed by atoms with Crippen molar-refractivity contribution in [3.63, 3.8) is 0 Å². The first kappa shape index (κ1) is 16.4. The molecule has 19 heavy (non-hydrogen) atoms. The van der Waals surface area contributed by atoms with Crippen molar-refractivity contribution in [1.29, 1.82) is 0 Å². The fraction of sp³-hybridized carbons (Fsp3) is 0.929. The molecular formula is C14H29N3O2. The second-order valence-corrected chi connectivity index (χ2v) is 5.84. The van der Waals surface area contributed by atoms with Crippen LogP contribution >= 0.6 is 0 Å². The zero-order chi connectivity index (χ0) is 14.5. The smallest absolute Gasteiger partial charge is 0.325 e. The molecule has 0 amide bonds. The van der Waals surface area contributed by atoms with E-state index in [2.05, 4.69) is 29.2 Å². The molecule has 1 atom stereocenters. The molecule has 0 spiro atoms. The van der Waals surface area contributed by atoms with Gasteiger partial charge in [-0.15, -0.1) is 0 Å². The number of hydrogen-bond donors (Lipinski definition) is 1. The maximum Gasteiger partial charge on any atom is 0.325 e. The molecule has 0 bridgehead atoms. The number of likely N-dealkylation sites (N-methyl/N-ethyl adjacent to an activating group) is 1. The van der Waals surface area contributed by atoms with Crippen molar-refractivity contribution in [3.05, 3.63) is 0 Å². The van der Waals surface area contributed by atoms with Crippen LogP contribution in [0.25, 0.3) is 0 Å². The first-order valence-corrected chi connectivity index (χ1v) is 7.09. The van der Waals surface area contributed by atoms with E-state index >= 15 is 0 Å². The molecule has 1 rings (SSSR count). The molecule has 0 aromatic heterocycles. The van der Waals surface area contributed by atoms with E-state index in [1.807, 2.05) is 14.0 Å². The van der Waals surface area contributed by atoms with Gasteiger partial charge in [-0.3, -0.25) is 4.79 Å². The zero-order valence-electron chi connectivity index (χ0n) is 13.0. The molecule has 5 heteroatoms. The lowest BCUT2D eigenvalue weighted by atomic mass is 9.96. The molecule has 112 valence electrons. The molecule has 1 aliphatic rings. The van der Waals surface area contributed by atoms with Crippen LogP contribution in [-0.4, -0.2) is 75.2 Å². The van der Waals surface area contributed by atoms with Gasteiger partial charge in [-0.2, -0.15) is 0 Å². The van der Waals surface area contributed by atoms with Crippen molar-refractivity contribution in [1.82, 2.24) is 15.1 Å². The van der Waals surface area contributed by atoms with Crippen molar-refractivity contribution in [2.75, 3.05) is 47.9 Å². The van der Waals surface area contributed by atoms with Gasteiger partial charge >= 0.3 is 5.97 Å². The standard InChI is InChI=1S/C14H29N3O2/c1-14(15-2,13(18)19-5)8-11-17(4)12-6-9-16(3)10-7-12/h12,15H,6-11H2,1-5H3. The Morgan fingerprint density at radius 1 is 1.47 bits per heavy atom. The van der Waals surface area contributed by atoms with E-state index in [1.54, 1.807) is 0 Å². The highest BCUT2D eigenvalue weighted by atomic mass is 16.5. The maximum atomic E-state index is 11.8. The van der Waals surface area contributed by atoms with Crippen LogP contribution < -0.4 is 5.32 Å². The Morgan fingerprint density at radius 3 is 2.53 bits per heavy atom. The Hall–Kier alpha value is -0.650. The average Bonchev–Trinajstić information content (AvgIpc) is 2.44. The lowest BCUT2D eigenvalue weighted by molar-refractivity contribution is -0.148. The minimum atomic E-state index is -0.589. The maximum absolute atomic E-state index is 11.8. The zero-order valence-corrected chi connectivity index (χ0v) is 13.0. The summed E-state index contributed by atoms with van der Waals surface area (Å²) >= 11 is 0. The van der Waals surface area contributed by atoms with E-state index < -0.39 is 5.54 Å². The van der Waals surface area contributed by atoms with Gasteiger partial charge in [-0.25, -0.2) is 0 Å². The summed E-state index contributed by atoms with van der Waals surface area (Å²) in [6.45, 7) is 5.13. The molecule has 0 aromatic rings. The predicted octanol–water partition coefficient (Wildman–Crippen LogP) is 0.554. The summed E-state index contributed by atoms with van der Waals surface area (Å²) in [6, 6.07) is 0.634. The summed E-state index contributed by atoms with van der Waals surface area (Å²) in [5.41, 5.74) is -0.589. The Labute approximate surface area is 117 Å². The number of carbonyl (C=O) groups excluding carboxylic acids is 1. The van der Waals surface area contributed by atoms with Crippen LogP contribution in [0.3, 0.4) is 0 Å². The fourth-order valence-electron chi connectivity index (χ4n) is 2.57. The number of hydrogen-bond acceptors (Lipinski definition) is 5. The quantitative estimate of drug-likeness (QED) is 0.715. The third-order valence-electron chi connectivity index (χ3n) is 4.46. The number of nitrogens with zero attached hydrogens (tertiary/aromatic N) is 2. The molecule has 1 fully saturated rings. The number of methoxy groups -OCH3 is 1. The van der Waals surface area contributed by atoms with Crippen molar-refractivity contribution < 1.29 is 9.53 Å². The van der Waals surface area contributed by atoms with Gasteiger partial charge in [0.25, 0.3) is 0 Å². The monoisotopic (exact) mass is 271 g/mol. The van der Waals surface area contributed by atoms with Gasteiger partial charge in [0.15, 0.2) is 0 Å². The molecule has 1 unspecified atom stereocenters. The number of ether oxygens (including phenoxy) is 1. The first-order chi connectivity index (χ1) is 8.92. The summed E-state index contributed by atoms with van der Waals surface area (Å²) in [5, 5.41) is 3.09. The Morgan fingerprint density at radius 2 is 2.05 bits per heavy atom. The van der Waals surface area contributed by atoms with Crippen molar-refractivity contribution in [2.45, 2.75) is 37.8 Å². The topological polar surface area (TPSA) is 44.8 Å². The minimum Gasteiger partial charge on any atom is -0.468 e. The van der Waals surface area contributed by atoms with Crippen LogP contribution in [0.2, 0.25) is 0 Å². The Bertz CT molecular complexity index is 290. The number of likely N-dealkylation sites (tertiary alicyclic amines) is 1. The van der Waals surface area contributed by atoms with Gasteiger partial charge in [-0.05, 0) is 60.4 Å². The summed E-state index contributed by atoms with van der Waals surface area (Å²) < 4.78 is 4.87. The molecule has 0 aromatic carbocycles. The van der Waals surface area contributed by atoms with Crippen LogP contribution in [0, 0.1) is 0 Å². The van der Waals surface area contributed by atoms with Gasteiger partial charge in [0.1, 0.15) is 5.54 Å². The third-order valence-corrected chi connectivity index (χ3v) is 4.46. The average molecular weight is 271 g/mol. The van der Waals surface area contributed by atoms with E-state index in [9.17, 15) is 4.79 Å². The molecule has 1 aliphatic heterocycles. The Kier molecular flexibility index (Phi) is 6.23. The third kappa shape index (κ3) is 4.44. The summed E-state index contributed by atoms with van der Waals surface area (Å²) in [4.78, 5) is 16.5. The molecule has 5 nitrogen and oxygen atoms in total. The lowest BCUT2D eigenvalue weighted by Gasteiger charge is -2.36. The van der Waals surface area contributed by atoms with E-state index in [4.69, 9.17) is 4.74 Å². The van der Waals surface area contributed by atoms with Crippen LogP contribution in [0.4, 0.5) is 0 Å². The fourth-order valence-corrected chi connectivity index (χ4v) is 2.57. The van der Waals surface area contributed by atoms with E-state index in [0.717, 1.165) is 26.1 Å². The van der Waals surface area contributed by atoms with Crippen molar-refractivity contribution >= 4 is 5.97 Å². The van der Waals surface area contributed by atoms with Crippen LogP contribution in [0.5, 0.6) is 0 Å². The molecule has 0 saturated carbocycles. The second kappa shape index (κ2) is 7.22. The first-order valence-electron chi connectivity index (χ1n) is 7.09. The molecular weight excluding hydrogens is 242 g/mol. The highest BCUT2D eigenvalue weighted by molar-refractivity contribution is 5.80. The lowest BCUT2D eigenvalue weighted by Crippen LogP contribution is -2.51. The van der Waals surface area contributed by atoms with Gasteiger partial charge in [0.05, 0.1) is 7.11 Å². The van der Waals surface area contributed by atoms with Crippen molar-refractivity contribution in [2.24, 2.45) is 0 Å². The minimum absolute atomic E-state index is 0.188. The molecule has 1 saturated heterocycles. The highest BCUT2D eigenvalue weighted by Crippen LogP contribution is 2.17. The summed E-state index contributed by atoms with van der Waals surface area (Å²) in [7, 11) is 7.58. The largest absolute Gasteiger partial charge is 0.468 e. The molecule has 1 heterocycles. The number of piperidine rings is 1. The predicted molar refractivity (Wildman–Crippen MR) is 77.2 cm³/mol. The number of esters is 1. The van der Waals surface area contributed by atoms with Gasteiger partial charge in [-0.1, -0.05) is 0 Å². The summed E-state index contributed by atoms with van der Waals surface area (Å²) in [5.74, 6) is -0.188. The second-order valence-electron chi connectivity index (χ2n) is 5.84. The SMILES string of the molecule is CNC(C)(CCN(C)C1CCN(C)CC1)C(=O)OC. The van der Waals surface area contributed by atoms with Gasteiger partial charge < -0.3 is 19.9 Å². The summed E-state index contributed by atoms with van der Waals surface area (Å²) in [6.07, 6.45) is 3.18. The molecule has 0 aliphatic carbocycles. The highest BCUT2D eigenvalue weighted by Gasteiger charge is 2.33. The molecule has 0 radical (unpaired) electrons. The van der Waals surface area contributed by atoms with Crippen LogP contribution in [0.1, 0.15) is 26.2 Å². The Balaban J connectivity index is 2.44. The van der Waals surface area contributed by atoms with Gasteiger partial charge in [0.2, 0.25) is 0 Å². The number of nitrogens with one attached hydrogen (secondary N) is 1. The number of carbonyl (C=O) groups is 1. The van der Waals surface area contributed by atoms with E-state index in [1.165, 1.54) is 20.0 Å². The van der Waals surface area contributed by atoms with Gasteiger partial charge in [0, 0.05) is 12.6 Å². The number of rotatable bonds is 6. The van der Waals surface area contributed by atoms with Crippen LogP contribution in [-0.2, 0) is 9.53 Å². The van der Waals surface area contributed by atoms with Crippen molar-refractivity contribution in [3.8, 4) is 0 Å². The van der Waals surface area contributed by atoms with E-state index in [0.29, 0.717) is 6.04 Å². The van der Waals surface area contributed by atoms with E-state index in [-0.39, 0.29) is 5.97 Å².